The van der Waals surface area contributed by atoms with Crippen LogP contribution in [0.1, 0.15) is 27.2 Å². The SMILES string of the molecule is CCC(C(=O)N(CC)CC)N(c1ccc(F)cc1)S(C)(=O)=O. The molecule has 0 aliphatic heterocycles. The van der Waals surface area contributed by atoms with E-state index in [1.54, 1.807) is 11.8 Å². The lowest BCUT2D eigenvalue weighted by Gasteiger charge is -2.33. The number of amides is 1. The Morgan fingerprint density at radius 1 is 1.14 bits per heavy atom. The number of anilines is 1. The lowest BCUT2D eigenvalue weighted by molar-refractivity contribution is -0.132. The van der Waals surface area contributed by atoms with Crippen LogP contribution in [0, 0.1) is 5.82 Å². The van der Waals surface area contributed by atoms with Crippen molar-refractivity contribution < 1.29 is 17.6 Å². The number of nitrogens with zero attached hydrogens (tertiary/aromatic N) is 2. The molecule has 1 rings (SSSR count). The van der Waals surface area contributed by atoms with Gasteiger partial charge in [0, 0.05) is 13.1 Å². The summed E-state index contributed by atoms with van der Waals surface area (Å²) < 4.78 is 38.5. The molecule has 0 spiro atoms. The number of benzene rings is 1. The fourth-order valence-electron chi connectivity index (χ4n) is 2.38. The molecule has 7 heteroatoms. The van der Waals surface area contributed by atoms with E-state index in [1.165, 1.54) is 24.3 Å². The van der Waals surface area contributed by atoms with Gasteiger partial charge in [0.05, 0.1) is 11.9 Å². The molecule has 1 amide bonds. The van der Waals surface area contributed by atoms with Crippen LogP contribution >= 0.6 is 0 Å². The molecule has 0 saturated carbocycles. The third kappa shape index (κ3) is 4.19. The second-order valence-corrected chi connectivity index (χ2v) is 6.83. The van der Waals surface area contributed by atoms with Crippen molar-refractivity contribution in [2.45, 2.75) is 33.2 Å². The van der Waals surface area contributed by atoms with Gasteiger partial charge in [0.25, 0.3) is 0 Å². The molecule has 5 nitrogen and oxygen atoms in total. The molecule has 1 unspecified atom stereocenters. The Hall–Kier alpha value is -1.63. The summed E-state index contributed by atoms with van der Waals surface area (Å²) in [6.07, 6.45) is 1.38. The Morgan fingerprint density at radius 3 is 2.00 bits per heavy atom. The Kier molecular flexibility index (Phi) is 6.34. The van der Waals surface area contributed by atoms with Crippen molar-refractivity contribution in [2.75, 3.05) is 23.7 Å². The molecule has 1 aromatic carbocycles. The molecule has 0 radical (unpaired) electrons. The first-order valence-corrected chi connectivity index (χ1v) is 9.14. The highest BCUT2D eigenvalue weighted by Gasteiger charge is 2.33. The molecule has 0 aliphatic carbocycles. The molecular weight excluding hydrogens is 307 g/mol. The van der Waals surface area contributed by atoms with Gasteiger partial charge in [0.1, 0.15) is 11.9 Å². The summed E-state index contributed by atoms with van der Waals surface area (Å²) >= 11 is 0. The average molecular weight is 330 g/mol. The van der Waals surface area contributed by atoms with Gasteiger partial charge in [-0.25, -0.2) is 12.8 Å². The summed E-state index contributed by atoms with van der Waals surface area (Å²) in [5.74, 6) is -0.706. The number of halogens is 1. The van der Waals surface area contributed by atoms with Crippen LogP contribution in [0.25, 0.3) is 0 Å². The van der Waals surface area contributed by atoms with Gasteiger partial charge in [-0.05, 0) is 44.5 Å². The van der Waals surface area contributed by atoms with Gasteiger partial charge < -0.3 is 4.90 Å². The van der Waals surface area contributed by atoms with Gasteiger partial charge in [0.15, 0.2) is 0 Å². The monoisotopic (exact) mass is 330 g/mol. The van der Waals surface area contributed by atoms with E-state index in [-0.39, 0.29) is 11.6 Å². The summed E-state index contributed by atoms with van der Waals surface area (Å²) in [4.78, 5) is 14.2. The van der Waals surface area contributed by atoms with Crippen molar-refractivity contribution in [3.63, 3.8) is 0 Å². The lowest BCUT2D eigenvalue weighted by Crippen LogP contribution is -2.50. The average Bonchev–Trinajstić information content (AvgIpc) is 2.45. The Balaban J connectivity index is 3.31. The largest absolute Gasteiger partial charge is 0.341 e. The predicted molar refractivity (Wildman–Crippen MR) is 85.7 cm³/mol. The number of carbonyl (C=O) groups is 1. The third-order valence-electron chi connectivity index (χ3n) is 3.47. The number of hydrogen-bond donors (Lipinski definition) is 0. The van der Waals surface area contributed by atoms with Crippen LogP contribution in [0.2, 0.25) is 0 Å². The zero-order valence-electron chi connectivity index (χ0n) is 13.4. The molecular formula is C15H23FN2O3S. The predicted octanol–water partition coefficient (Wildman–Crippen LogP) is 2.24. The van der Waals surface area contributed by atoms with Gasteiger partial charge in [-0.1, -0.05) is 6.92 Å². The van der Waals surface area contributed by atoms with Crippen molar-refractivity contribution in [1.29, 1.82) is 0 Å². The quantitative estimate of drug-likeness (QED) is 0.770. The molecule has 0 aliphatic rings. The zero-order chi connectivity index (χ0) is 16.9. The molecule has 1 aromatic rings. The molecule has 0 aromatic heterocycles. The van der Waals surface area contributed by atoms with Crippen LogP contribution in [-0.2, 0) is 14.8 Å². The first kappa shape index (κ1) is 18.4. The smallest absolute Gasteiger partial charge is 0.246 e. The maximum Gasteiger partial charge on any atom is 0.246 e. The highest BCUT2D eigenvalue weighted by atomic mass is 32.2. The minimum atomic E-state index is -3.67. The van der Waals surface area contributed by atoms with Gasteiger partial charge >= 0.3 is 0 Å². The molecule has 0 saturated heterocycles. The van der Waals surface area contributed by atoms with Gasteiger partial charge in [-0.15, -0.1) is 0 Å². The first-order chi connectivity index (χ1) is 10.3. The minimum Gasteiger partial charge on any atom is -0.341 e. The van der Waals surface area contributed by atoms with Crippen LogP contribution in [0.4, 0.5) is 10.1 Å². The van der Waals surface area contributed by atoms with Crippen LogP contribution < -0.4 is 4.31 Å². The third-order valence-corrected chi connectivity index (χ3v) is 4.65. The van der Waals surface area contributed by atoms with E-state index in [0.717, 1.165) is 10.6 Å². The van der Waals surface area contributed by atoms with Crippen LogP contribution in [0.15, 0.2) is 24.3 Å². The highest BCUT2D eigenvalue weighted by Crippen LogP contribution is 2.23. The second-order valence-electron chi connectivity index (χ2n) is 4.97. The number of likely N-dealkylation sites (N-methyl/N-ethyl adjacent to an activating group) is 1. The summed E-state index contributed by atoms with van der Waals surface area (Å²) in [6, 6.07) is 4.27. The number of hydrogen-bond acceptors (Lipinski definition) is 3. The van der Waals surface area contributed by atoms with Crippen molar-refractivity contribution in [1.82, 2.24) is 4.90 Å². The highest BCUT2D eigenvalue weighted by molar-refractivity contribution is 7.92. The zero-order valence-corrected chi connectivity index (χ0v) is 14.2. The Bertz CT molecular complexity index is 598. The maximum absolute atomic E-state index is 13.1. The van der Waals surface area contributed by atoms with E-state index in [1.807, 2.05) is 13.8 Å². The van der Waals surface area contributed by atoms with Crippen molar-refractivity contribution in [3.05, 3.63) is 30.1 Å². The summed E-state index contributed by atoms with van der Waals surface area (Å²) in [6.45, 7) is 6.46. The van der Waals surface area contributed by atoms with Crippen LogP contribution in [0.5, 0.6) is 0 Å². The summed E-state index contributed by atoms with van der Waals surface area (Å²) in [5.41, 5.74) is 0.288. The fourth-order valence-corrected chi connectivity index (χ4v) is 3.58. The lowest BCUT2D eigenvalue weighted by atomic mass is 10.1. The van der Waals surface area contributed by atoms with Crippen molar-refractivity contribution in [3.8, 4) is 0 Å². The fraction of sp³-hybridized carbons (Fsp3) is 0.533. The Labute approximate surface area is 131 Å². The van der Waals surface area contributed by atoms with Crippen LogP contribution in [0.3, 0.4) is 0 Å². The normalized spacial score (nSPS) is 12.8. The molecule has 0 N–H and O–H groups in total. The minimum absolute atomic E-state index is 0.248. The standard InChI is InChI=1S/C15H23FN2O3S/c1-5-14(15(19)17(6-2)7-3)18(22(4,20)21)13-10-8-12(16)9-11-13/h8-11,14H,5-7H2,1-4H3. The number of sulfonamides is 1. The van der Waals surface area contributed by atoms with Crippen molar-refractivity contribution in [2.24, 2.45) is 0 Å². The molecule has 0 fully saturated rings. The molecule has 124 valence electrons. The van der Waals surface area contributed by atoms with Gasteiger partial charge in [0.2, 0.25) is 15.9 Å². The van der Waals surface area contributed by atoms with Gasteiger partial charge in [-0.2, -0.15) is 0 Å². The van der Waals surface area contributed by atoms with E-state index in [4.69, 9.17) is 0 Å². The van der Waals surface area contributed by atoms with E-state index in [0.29, 0.717) is 19.5 Å². The van der Waals surface area contributed by atoms with E-state index < -0.39 is 21.9 Å². The number of rotatable bonds is 7. The van der Waals surface area contributed by atoms with Crippen molar-refractivity contribution >= 4 is 21.6 Å². The van der Waals surface area contributed by atoms with E-state index in [9.17, 15) is 17.6 Å². The Morgan fingerprint density at radius 2 is 1.64 bits per heavy atom. The number of carbonyl (C=O) groups excluding carboxylic acids is 1. The van der Waals surface area contributed by atoms with Crippen LogP contribution in [-0.4, -0.2) is 44.6 Å². The summed E-state index contributed by atoms with van der Waals surface area (Å²) in [7, 11) is -3.67. The molecule has 22 heavy (non-hydrogen) atoms. The molecule has 0 bridgehead atoms. The first-order valence-electron chi connectivity index (χ1n) is 7.29. The molecule has 1 atom stereocenters. The van der Waals surface area contributed by atoms with E-state index >= 15 is 0 Å². The topological polar surface area (TPSA) is 57.7 Å². The van der Waals surface area contributed by atoms with E-state index in [2.05, 4.69) is 0 Å². The maximum atomic E-state index is 13.1. The summed E-state index contributed by atoms with van der Waals surface area (Å²) in [5, 5.41) is 0. The molecule has 0 heterocycles. The second kappa shape index (κ2) is 7.58. The van der Waals surface area contributed by atoms with Gasteiger partial charge in [-0.3, -0.25) is 9.10 Å².